The molecule has 13 heavy (non-hydrogen) atoms. The Balaban J connectivity index is 4.03. The Labute approximate surface area is 74.4 Å². The summed E-state index contributed by atoms with van der Waals surface area (Å²) in [7, 11) is 0. The Bertz CT molecular complexity index is 249. The van der Waals surface area contributed by atoms with Crippen LogP contribution in [0, 0.1) is 0 Å². The maximum Gasteiger partial charge on any atom is 0.305 e. The van der Waals surface area contributed by atoms with E-state index in [1.807, 2.05) is 5.32 Å². The van der Waals surface area contributed by atoms with Gasteiger partial charge in [-0.3, -0.25) is 19.7 Å². The Hall–Kier alpha value is -1.69. The van der Waals surface area contributed by atoms with Gasteiger partial charge in [-0.1, -0.05) is 6.58 Å². The lowest BCUT2D eigenvalue weighted by atomic mass is 10.2. The first kappa shape index (κ1) is 11.3. The molecule has 0 rings (SSSR count). The summed E-state index contributed by atoms with van der Waals surface area (Å²) in [4.78, 5) is 31.5. The molecule has 0 aliphatic rings. The number of carboxylic acid groups (broad SMARTS) is 1. The molecule has 0 unspecified atom stereocenters. The van der Waals surface area contributed by atoms with Gasteiger partial charge in [0, 0.05) is 0 Å². The fourth-order valence-corrected chi connectivity index (χ4v) is 0.546. The smallest absolute Gasteiger partial charge is 0.305 e. The van der Waals surface area contributed by atoms with Crippen LogP contribution in [0.1, 0.15) is 6.42 Å². The second kappa shape index (κ2) is 5.04. The zero-order valence-electron chi connectivity index (χ0n) is 6.82. The maximum absolute atomic E-state index is 10.9. The lowest BCUT2D eigenvalue weighted by Crippen LogP contribution is -2.43. The summed E-state index contributed by atoms with van der Waals surface area (Å²) in [5.74, 6) is -2.73. The molecular formula is C7H10N2O4. The van der Waals surface area contributed by atoms with Crippen molar-refractivity contribution in [1.29, 1.82) is 0 Å². The number of hydrogen-bond acceptors (Lipinski definition) is 4. The minimum absolute atomic E-state index is 0.518. The largest absolute Gasteiger partial charge is 0.481 e. The van der Waals surface area contributed by atoms with Gasteiger partial charge in [0.15, 0.2) is 0 Å². The number of rotatable bonds is 4. The third-order valence-corrected chi connectivity index (χ3v) is 1.16. The second-order valence-electron chi connectivity index (χ2n) is 2.26. The van der Waals surface area contributed by atoms with E-state index < -0.39 is 30.2 Å². The number of nitrogens with one attached hydrogen (secondary N) is 1. The van der Waals surface area contributed by atoms with E-state index in [-0.39, 0.29) is 0 Å². The number of amides is 2. The van der Waals surface area contributed by atoms with Gasteiger partial charge < -0.3 is 10.8 Å². The van der Waals surface area contributed by atoms with E-state index in [9.17, 15) is 14.4 Å². The number of carbonyl (C=O) groups excluding carboxylic acids is 2. The summed E-state index contributed by atoms with van der Waals surface area (Å²) in [6, 6.07) is -1.22. The minimum Gasteiger partial charge on any atom is -0.481 e. The molecule has 72 valence electrons. The molecule has 0 saturated carbocycles. The Morgan fingerprint density at radius 2 is 2.08 bits per heavy atom. The normalized spacial score (nSPS) is 11.5. The first-order valence-corrected chi connectivity index (χ1v) is 3.42. The third-order valence-electron chi connectivity index (χ3n) is 1.16. The van der Waals surface area contributed by atoms with Crippen molar-refractivity contribution < 1.29 is 19.5 Å². The van der Waals surface area contributed by atoms with E-state index in [1.165, 1.54) is 0 Å². The number of nitrogens with two attached hydrogens (primary N) is 1. The first-order chi connectivity index (χ1) is 5.97. The number of hydrogen-bond donors (Lipinski definition) is 3. The Kier molecular flexibility index (Phi) is 4.39. The second-order valence-corrected chi connectivity index (χ2v) is 2.26. The van der Waals surface area contributed by atoms with E-state index >= 15 is 0 Å². The van der Waals surface area contributed by atoms with E-state index in [0.29, 0.717) is 0 Å². The van der Waals surface area contributed by atoms with Crippen LogP contribution in [-0.2, 0) is 14.4 Å². The van der Waals surface area contributed by atoms with Gasteiger partial charge in [-0.25, -0.2) is 0 Å². The lowest BCUT2D eigenvalue weighted by Gasteiger charge is -2.06. The average Bonchev–Trinajstić information content (AvgIpc) is 2.02. The molecular weight excluding hydrogens is 176 g/mol. The zero-order chi connectivity index (χ0) is 10.4. The van der Waals surface area contributed by atoms with Gasteiger partial charge in [0.25, 0.3) is 0 Å². The van der Waals surface area contributed by atoms with Gasteiger partial charge in [-0.2, -0.15) is 0 Å². The van der Waals surface area contributed by atoms with Crippen LogP contribution < -0.4 is 11.1 Å². The zero-order valence-corrected chi connectivity index (χ0v) is 6.82. The quantitative estimate of drug-likeness (QED) is 0.468. The van der Waals surface area contributed by atoms with Gasteiger partial charge in [0.05, 0.1) is 12.5 Å². The average molecular weight is 186 g/mol. The molecule has 0 bridgehead atoms. The van der Waals surface area contributed by atoms with Crippen LogP contribution >= 0.6 is 0 Å². The monoisotopic (exact) mass is 186 g/mol. The van der Waals surface area contributed by atoms with Crippen LogP contribution in [0.4, 0.5) is 0 Å². The maximum atomic E-state index is 10.9. The molecule has 0 fully saturated rings. The third kappa shape index (κ3) is 4.70. The van der Waals surface area contributed by atoms with Gasteiger partial charge in [0.2, 0.25) is 11.8 Å². The van der Waals surface area contributed by atoms with Gasteiger partial charge in [-0.05, 0) is 6.08 Å². The standard InChI is InChI=1S/C7H10N2O4/c1-2-5(10)9-7(13)4(8)3-6(11)12/h2,4H,1,3,8H2,(H,11,12)(H,9,10,13)/t4-/m0/s1. The summed E-state index contributed by atoms with van der Waals surface area (Å²) in [6.45, 7) is 3.11. The van der Waals surface area contributed by atoms with Crippen molar-refractivity contribution in [2.24, 2.45) is 5.73 Å². The molecule has 1 atom stereocenters. The molecule has 0 heterocycles. The minimum atomic E-state index is -1.22. The number of carboxylic acids is 1. The lowest BCUT2D eigenvalue weighted by molar-refractivity contribution is -0.140. The van der Waals surface area contributed by atoms with Crippen LogP contribution in [0.15, 0.2) is 12.7 Å². The molecule has 0 saturated heterocycles. The number of imide groups is 1. The topological polar surface area (TPSA) is 109 Å². The predicted molar refractivity (Wildman–Crippen MR) is 43.6 cm³/mol. The molecule has 4 N–H and O–H groups in total. The summed E-state index contributed by atoms with van der Waals surface area (Å²) in [5, 5.41) is 10.1. The molecule has 2 amide bonds. The van der Waals surface area contributed by atoms with Crippen molar-refractivity contribution in [3.05, 3.63) is 12.7 Å². The Morgan fingerprint density at radius 1 is 1.54 bits per heavy atom. The molecule has 0 aromatic heterocycles. The highest BCUT2D eigenvalue weighted by molar-refractivity contribution is 6.03. The molecule has 0 aromatic rings. The van der Waals surface area contributed by atoms with Crippen LogP contribution in [0.5, 0.6) is 0 Å². The van der Waals surface area contributed by atoms with E-state index in [0.717, 1.165) is 6.08 Å². The van der Waals surface area contributed by atoms with E-state index in [4.69, 9.17) is 10.8 Å². The van der Waals surface area contributed by atoms with Crippen molar-refractivity contribution in [2.75, 3.05) is 0 Å². The van der Waals surface area contributed by atoms with Crippen LogP contribution in [0.3, 0.4) is 0 Å². The molecule has 0 spiro atoms. The highest BCUT2D eigenvalue weighted by Gasteiger charge is 2.17. The van der Waals surface area contributed by atoms with E-state index in [1.54, 1.807) is 0 Å². The van der Waals surface area contributed by atoms with Crippen molar-refractivity contribution in [1.82, 2.24) is 5.32 Å². The predicted octanol–water partition coefficient (Wildman–Crippen LogP) is -1.38. The van der Waals surface area contributed by atoms with Gasteiger partial charge in [-0.15, -0.1) is 0 Å². The van der Waals surface area contributed by atoms with Crippen molar-refractivity contribution in [3.63, 3.8) is 0 Å². The van der Waals surface area contributed by atoms with Crippen LogP contribution in [0.25, 0.3) is 0 Å². The first-order valence-electron chi connectivity index (χ1n) is 3.42. The van der Waals surface area contributed by atoms with Crippen LogP contribution in [-0.4, -0.2) is 28.9 Å². The van der Waals surface area contributed by atoms with Crippen molar-refractivity contribution in [3.8, 4) is 0 Å². The van der Waals surface area contributed by atoms with Crippen molar-refractivity contribution >= 4 is 17.8 Å². The highest BCUT2D eigenvalue weighted by atomic mass is 16.4. The summed E-state index contributed by atoms with van der Waals surface area (Å²) in [5.41, 5.74) is 5.14. The molecule has 0 radical (unpaired) electrons. The fourth-order valence-electron chi connectivity index (χ4n) is 0.546. The fraction of sp³-hybridized carbons (Fsp3) is 0.286. The van der Waals surface area contributed by atoms with Gasteiger partial charge >= 0.3 is 5.97 Å². The molecule has 6 nitrogen and oxygen atoms in total. The molecule has 0 aliphatic carbocycles. The summed E-state index contributed by atoms with van der Waals surface area (Å²) >= 11 is 0. The van der Waals surface area contributed by atoms with Crippen LogP contribution in [0.2, 0.25) is 0 Å². The van der Waals surface area contributed by atoms with Gasteiger partial charge in [0.1, 0.15) is 0 Å². The Morgan fingerprint density at radius 3 is 2.46 bits per heavy atom. The number of carbonyl (C=O) groups is 3. The SMILES string of the molecule is C=CC(=O)NC(=O)[C@@H](N)CC(=O)O. The van der Waals surface area contributed by atoms with E-state index in [2.05, 4.69) is 6.58 Å². The highest BCUT2D eigenvalue weighted by Crippen LogP contribution is 1.87. The number of aliphatic carboxylic acids is 1. The molecule has 6 heteroatoms. The summed E-state index contributed by atoms with van der Waals surface area (Å²) < 4.78 is 0. The van der Waals surface area contributed by atoms with Crippen molar-refractivity contribution in [2.45, 2.75) is 12.5 Å². The summed E-state index contributed by atoms with van der Waals surface area (Å²) in [6.07, 6.45) is 0.377. The molecule has 0 aliphatic heterocycles. The molecule has 0 aromatic carbocycles.